The molecule has 1 unspecified atom stereocenters. The Bertz CT molecular complexity index is 957. The number of para-hydroxylation sites is 1. The van der Waals surface area contributed by atoms with Gasteiger partial charge in [-0.25, -0.2) is 14.6 Å². The first-order valence-corrected chi connectivity index (χ1v) is 9.54. The van der Waals surface area contributed by atoms with Crippen LogP contribution in [0.5, 0.6) is 11.5 Å². The second kappa shape index (κ2) is 8.12. The van der Waals surface area contributed by atoms with Crippen molar-refractivity contribution in [1.82, 2.24) is 24.6 Å². The maximum absolute atomic E-state index is 5.73. The molecule has 0 saturated carbocycles. The fourth-order valence-corrected chi connectivity index (χ4v) is 4.00. The standard InChI is InChI=1S/C20H26N6O2/c1-27-16-5-3-4-15(19(16)28-2)13-25-10-6-14(12-25)17-18-20(23-9-8-22-18)26(24-17)11-7-21/h3-5,8-9,14H,6-7,10-13,21H2,1-2H3. The van der Waals surface area contributed by atoms with Crippen molar-refractivity contribution in [3.63, 3.8) is 0 Å². The van der Waals surface area contributed by atoms with Gasteiger partial charge < -0.3 is 15.2 Å². The molecule has 2 N–H and O–H groups in total. The maximum Gasteiger partial charge on any atom is 0.177 e. The van der Waals surface area contributed by atoms with Crippen molar-refractivity contribution in [3.8, 4) is 11.5 Å². The summed E-state index contributed by atoms with van der Waals surface area (Å²) in [5.74, 6) is 1.89. The Labute approximate surface area is 164 Å². The number of rotatable bonds is 7. The Morgan fingerprint density at radius 1 is 1.18 bits per heavy atom. The molecule has 28 heavy (non-hydrogen) atoms. The largest absolute Gasteiger partial charge is 0.493 e. The molecule has 1 aliphatic heterocycles. The lowest BCUT2D eigenvalue weighted by Crippen LogP contribution is -2.20. The lowest BCUT2D eigenvalue weighted by molar-refractivity contribution is 0.308. The van der Waals surface area contributed by atoms with Crippen LogP contribution in [-0.2, 0) is 13.1 Å². The molecule has 0 radical (unpaired) electrons. The maximum atomic E-state index is 5.73. The SMILES string of the molecule is COc1cccc(CN2CCC(c3nn(CCN)c4nccnc34)C2)c1OC. The topological polar surface area (TPSA) is 91.3 Å². The van der Waals surface area contributed by atoms with E-state index in [1.54, 1.807) is 26.6 Å². The summed E-state index contributed by atoms with van der Waals surface area (Å²) >= 11 is 0. The highest BCUT2D eigenvalue weighted by molar-refractivity contribution is 5.73. The molecule has 0 bridgehead atoms. The van der Waals surface area contributed by atoms with Gasteiger partial charge in [-0.15, -0.1) is 0 Å². The number of methoxy groups -OCH3 is 2. The molecule has 0 aliphatic carbocycles. The Morgan fingerprint density at radius 3 is 2.82 bits per heavy atom. The Kier molecular flexibility index (Phi) is 5.40. The summed E-state index contributed by atoms with van der Waals surface area (Å²) in [6.07, 6.45) is 4.47. The van der Waals surface area contributed by atoms with Gasteiger partial charge in [-0.05, 0) is 19.0 Å². The number of fused-ring (bicyclic) bond motifs is 1. The highest BCUT2D eigenvalue weighted by Gasteiger charge is 2.29. The first-order valence-electron chi connectivity index (χ1n) is 9.54. The van der Waals surface area contributed by atoms with E-state index in [4.69, 9.17) is 20.3 Å². The normalized spacial score (nSPS) is 17.3. The molecule has 3 aromatic rings. The first-order chi connectivity index (χ1) is 13.7. The van der Waals surface area contributed by atoms with Crippen LogP contribution in [0.15, 0.2) is 30.6 Å². The number of hydrogen-bond donors (Lipinski definition) is 1. The van der Waals surface area contributed by atoms with Crippen molar-refractivity contribution < 1.29 is 9.47 Å². The van der Waals surface area contributed by atoms with Gasteiger partial charge in [0.25, 0.3) is 0 Å². The van der Waals surface area contributed by atoms with Crippen molar-refractivity contribution in [2.24, 2.45) is 5.73 Å². The van der Waals surface area contributed by atoms with Crippen molar-refractivity contribution in [2.45, 2.75) is 25.4 Å². The van der Waals surface area contributed by atoms with Crippen LogP contribution in [0.3, 0.4) is 0 Å². The highest BCUT2D eigenvalue weighted by Crippen LogP contribution is 2.35. The van der Waals surface area contributed by atoms with Gasteiger partial charge >= 0.3 is 0 Å². The van der Waals surface area contributed by atoms with Crippen LogP contribution < -0.4 is 15.2 Å². The van der Waals surface area contributed by atoms with Crippen molar-refractivity contribution in [2.75, 3.05) is 33.9 Å². The van der Waals surface area contributed by atoms with Gasteiger partial charge in [-0.3, -0.25) is 4.90 Å². The first kappa shape index (κ1) is 18.6. The molecule has 3 heterocycles. The van der Waals surface area contributed by atoms with Gasteiger partial charge in [0.1, 0.15) is 5.52 Å². The van der Waals surface area contributed by atoms with Gasteiger partial charge in [0.05, 0.1) is 26.5 Å². The fourth-order valence-electron chi connectivity index (χ4n) is 4.00. The van der Waals surface area contributed by atoms with Crippen LogP contribution >= 0.6 is 0 Å². The smallest absolute Gasteiger partial charge is 0.177 e. The van der Waals surface area contributed by atoms with Crippen molar-refractivity contribution >= 4 is 11.2 Å². The average Bonchev–Trinajstić information content (AvgIpc) is 3.33. The third-order valence-electron chi connectivity index (χ3n) is 5.27. The van der Waals surface area contributed by atoms with Gasteiger partial charge in [0.15, 0.2) is 17.1 Å². The van der Waals surface area contributed by atoms with Gasteiger partial charge in [0, 0.05) is 43.5 Å². The van der Waals surface area contributed by atoms with E-state index in [1.807, 2.05) is 16.8 Å². The Balaban J connectivity index is 1.55. The lowest BCUT2D eigenvalue weighted by Gasteiger charge is -2.19. The summed E-state index contributed by atoms with van der Waals surface area (Å²) in [6.45, 7) is 3.90. The van der Waals surface area contributed by atoms with Crippen LogP contribution in [0, 0.1) is 0 Å². The van der Waals surface area contributed by atoms with Gasteiger partial charge in [0.2, 0.25) is 0 Å². The van der Waals surface area contributed by atoms with Gasteiger partial charge in [-0.1, -0.05) is 12.1 Å². The molecule has 2 aromatic heterocycles. The van der Waals surface area contributed by atoms with E-state index in [0.29, 0.717) is 19.0 Å². The second-order valence-corrected chi connectivity index (χ2v) is 7.00. The Hall–Kier alpha value is -2.71. The summed E-state index contributed by atoms with van der Waals surface area (Å²) in [5, 5.41) is 4.80. The highest BCUT2D eigenvalue weighted by atomic mass is 16.5. The number of nitrogens with two attached hydrogens (primary N) is 1. The summed E-state index contributed by atoms with van der Waals surface area (Å²) in [5.41, 5.74) is 9.59. The third kappa shape index (κ3) is 3.41. The molecular formula is C20H26N6O2. The summed E-state index contributed by atoms with van der Waals surface area (Å²) < 4.78 is 12.9. The summed E-state index contributed by atoms with van der Waals surface area (Å²) in [6, 6.07) is 6.01. The molecule has 0 amide bonds. The molecule has 8 nitrogen and oxygen atoms in total. The van der Waals surface area contributed by atoms with Crippen LogP contribution in [0.2, 0.25) is 0 Å². The fraction of sp³-hybridized carbons (Fsp3) is 0.450. The molecule has 1 fully saturated rings. The molecule has 1 saturated heterocycles. The molecule has 0 spiro atoms. The van der Waals surface area contributed by atoms with Gasteiger partial charge in [-0.2, -0.15) is 5.10 Å². The van der Waals surface area contributed by atoms with E-state index in [-0.39, 0.29) is 0 Å². The predicted molar refractivity (Wildman–Crippen MR) is 107 cm³/mol. The molecular weight excluding hydrogens is 356 g/mol. The quantitative estimate of drug-likeness (QED) is 0.666. The lowest BCUT2D eigenvalue weighted by atomic mass is 10.0. The predicted octanol–water partition coefficient (Wildman–Crippen LogP) is 1.79. The molecule has 1 aromatic carbocycles. The third-order valence-corrected chi connectivity index (χ3v) is 5.27. The summed E-state index contributed by atoms with van der Waals surface area (Å²) in [7, 11) is 3.35. The second-order valence-electron chi connectivity index (χ2n) is 7.00. The van der Waals surface area contributed by atoms with E-state index in [0.717, 1.165) is 60.0 Å². The van der Waals surface area contributed by atoms with E-state index in [2.05, 4.69) is 20.9 Å². The van der Waals surface area contributed by atoms with E-state index in [9.17, 15) is 0 Å². The zero-order chi connectivity index (χ0) is 19.5. The number of aromatic nitrogens is 4. The van der Waals surface area contributed by atoms with E-state index in [1.165, 1.54) is 0 Å². The molecule has 8 heteroatoms. The van der Waals surface area contributed by atoms with Crippen molar-refractivity contribution in [3.05, 3.63) is 41.9 Å². The van der Waals surface area contributed by atoms with Crippen LogP contribution in [0.4, 0.5) is 0 Å². The average molecular weight is 382 g/mol. The molecule has 1 atom stereocenters. The minimum atomic E-state index is 0.329. The molecule has 148 valence electrons. The van der Waals surface area contributed by atoms with Crippen LogP contribution in [0.1, 0.15) is 23.6 Å². The van der Waals surface area contributed by atoms with Crippen LogP contribution in [0.25, 0.3) is 11.2 Å². The molecule has 4 rings (SSSR count). The minimum absolute atomic E-state index is 0.329. The summed E-state index contributed by atoms with van der Waals surface area (Å²) in [4.78, 5) is 11.4. The van der Waals surface area contributed by atoms with E-state index >= 15 is 0 Å². The minimum Gasteiger partial charge on any atom is -0.493 e. The number of likely N-dealkylation sites (tertiary alicyclic amines) is 1. The number of ether oxygens (including phenoxy) is 2. The number of hydrogen-bond acceptors (Lipinski definition) is 7. The van der Waals surface area contributed by atoms with Crippen LogP contribution in [-0.4, -0.2) is 58.5 Å². The monoisotopic (exact) mass is 382 g/mol. The Morgan fingerprint density at radius 2 is 2.04 bits per heavy atom. The van der Waals surface area contributed by atoms with E-state index < -0.39 is 0 Å². The van der Waals surface area contributed by atoms with Crippen molar-refractivity contribution in [1.29, 1.82) is 0 Å². The molecule has 1 aliphatic rings. The zero-order valence-corrected chi connectivity index (χ0v) is 16.3. The number of benzene rings is 1. The number of nitrogens with zero attached hydrogens (tertiary/aromatic N) is 5. The zero-order valence-electron chi connectivity index (χ0n) is 16.3.